The van der Waals surface area contributed by atoms with Crippen molar-refractivity contribution in [2.75, 3.05) is 0 Å². The van der Waals surface area contributed by atoms with E-state index >= 15 is 0 Å². The summed E-state index contributed by atoms with van der Waals surface area (Å²) in [6.07, 6.45) is 0. The number of hydrogen-bond acceptors (Lipinski definition) is 2. The molecule has 9 heavy (non-hydrogen) atoms. The predicted octanol–water partition coefficient (Wildman–Crippen LogP) is -0.755. The number of hydrogen-bond donors (Lipinski definition) is 0. The molecule has 1 rings (SSSR count). The van der Waals surface area contributed by atoms with E-state index in [1.807, 2.05) is 30.3 Å². The van der Waals surface area contributed by atoms with Crippen molar-refractivity contribution < 1.29 is 29.6 Å². The summed E-state index contributed by atoms with van der Waals surface area (Å²) in [7, 11) is 1.35. The van der Waals surface area contributed by atoms with E-state index in [2.05, 4.69) is 0 Å². The van der Waals surface area contributed by atoms with Crippen molar-refractivity contribution in [2.45, 2.75) is 4.90 Å². The molecule has 1 aromatic carbocycles. The van der Waals surface area contributed by atoms with Crippen LogP contribution in [0.25, 0.3) is 0 Å². The van der Waals surface area contributed by atoms with Crippen LogP contribution in [0.2, 0.25) is 0 Å². The maximum atomic E-state index is 4.74. The van der Waals surface area contributed by atoms with Crippen LogP contribution in [0, 0.1) is 0 Å². The zero-order valence-electron chi connectivity index (χ0n) is 5.20. The topological polar surface area (TPSA) is 0 Å². The monoisotopic (exact) mass is 164 g/mol. The van der Waals surface area contributed by atoms with Gasteiger partial charge in [-0.15, -0.1) is 0 Å². The summed E-state index contributed by atoms with van der Waals surface area (Å²) in [6.45, 7) is 0. The predicted molar refractivity (Wildman–Crippen MR) is 39.7 cm³/mol. The van der Waals surface area contributed by atoms with Crippen LogP contribution in [0.1, 0.15) is 0 Å². The molecule has 1 aromatic rings. The van der Waals surface area contributed by atoms with Crippen molar-refractivity contribution in [3.63, 3.8) is 0 Å². The van der Waals surface area contributed by atoms with Gasteiger partial charge in [-0.05, 0) is 4.90 Å². The van der Waals surface area contributed by atoms with Gasteiger partial charge in [-0.25, -0.2) is 0 Å². The Morgan fingerprint density at radius 1 is 1.11 bits per heavy atom. The molecule has 0 nitrogen and oxygen atoms in total. The summed E-state index contributed by atoms with van der Waals surface area (Å²) in [5, 5.41) is 0. The minimum absolute atomic E-state index is 0. The standard InChI is InChI=1S/C6H6S2.Na/c7-8-6-4-2-1-3-5-6;/h1-5,7H;/q;+1/p-1. The van der Waals surface area contributed by atoms with Crippen LogP contribution in [0.15, 0.2) is 35.2 Å². The van der Waals surface area contributed by atoms with E-state index in [4.69, 9.17) is 11.7 Å². The van der Waals surface area contributed by atoms with E-state index in [-0.39, 0.29) is 29.6 Å². The van der Waals surface area contributed by atoms with Gasteiger partial charge >= 0.3 is 29.6 Å². The van der Waals surface area contributed by atoms with Gasteiger partial charge in [0.2, 0.25) is 0 Å². The maximum Gasteiger partial charge on any atom is 1.00 e. The van der Waals surface area contributed by atoms with Crippen molar-refractivity contribution in [3.05, 3.63) is 30.3 Å². The summed E-state index contributed by atoms with van der Waals surface area (Å²) in [5.74, 6) is 0. The molecule has 0 atom stereocenters. The van der Waals surface area contributed by atoms with Gasteiger partial charge in [-0.2, -0.15) is 0 Å². The molecule has 0 spiro atoms. The van der Waals surface area contributed by atoms with Gasteiger partial charge in [0.15, 0.2) is 0 Å². The molecule has 0 aliphatic heterocycles. The van der Waals surface area contributed by atoms with Gasteiger partial charge < -0.3 is 11.7 Å². The third-order valence-corrected chi connectivity index (χ3v) is 1.88. The smallest absolute Gasteiger partial charge is 0.714 e. The second-order valence-electron chi connectivity index (χ2n) is 1.40. The van der Waals surface area contributed by atoms with Gasteiger partial charge in [0, 0.05) is 0 Å². The number of benzene rings is 1. The summed E-state index contributed by atoms with van der Waals surface area (Å²) in [6, 6.07) is 9.94. The van der Waals surface area contributed by atoms with E-state index in [0.717, 1.165) is 4.90 Å². The first-order valence-corrected chi connectivity index (χ1v) is 4.02. The first-order valence-electron chi connectivity index (χ1n) is 2.28. The van der Waals surface area contributed by atoms with Crippen molar-refractivity contribution >= 4 is 22.5 Å². The average Bonchev–Trinajstić information content (AvgIpc) is 1.90. The Bertz CT molecular complexity index is 152. The van der Waals surface area contributed by atoms with E-state index in [0.29, 0.717) is 0 Å². The molecule has 42 valence electrons. The minimum Gasteiger partial charge on any atom is -0.714 e. The van der Waals surface area contributed by atoms with Crippen LogP contribution in [-0.2, 0) is 11.7 Å². The second-order valence-corrected chi connectivity index (χ2v) is 2.53. The fourth-order valence-electron chi connectivity index (χ4n) is 0.476. The Kier molecular flexibility index (Phi) is 6.27. The van der Waals surface area contributed by atoms with Gasteiger partial charge in [-0.3, -0.25) is 10.8 Å². The molecule has 0 unspecified atom stereocenters. The maximum absolute atomic E-state index is 4.74. The Morgan fingerprint density at radius 3 is 2.00 bits per heavy atom. The van der Waals surface area contributed by atoms with Gasteiger partial charge in [-0.1, -0.05) is 30.3 Å². The van der Waals surface area contributed by atoms with Gasteiger partial charge in [0.05, 0.1) is 0 Å². The molecule has 0 N–H and O–H groups in total. The molecule has 0 amide bonds. The summed E-state index contributed by atoms with van der Waals surface area (Å²) >= 11 is 4.74. The van der Waals surface area contributed by atoms with Gasteiger partial charge in [0.1, 0.15) is 0 Å². The Balaban J connectivity index is 0.000000640. The van der Waals surface area contributed by atoms with Crippen LogP contribution in [0.4, 0.5) is 0 Å². The van der Waals surface area contributed by atoms with Crippen molar-refractivity contribution in [1.82, 2.24) is 0 Å². The summed E-state index contributed by atoms with van der Waals surface area (Å²) < 4.78 is 0. The Hall–Kier alpha value is 0.920. The molecule has 0 saturated heterocycles. The van der Waals surface area contributed by atoms with Crippen LogP contribution in [0.5, 0.6) is 0 Å². The largest absolute Gasteiger partial charge is 1.00 e. The second kappa shape index (κ2) is 5.69. The molecule has 0 radical (unpaired) electrons. The van der Waals surface area contributed by atoms with Crippen LogP contribution < -0.4 is 29.6 Å². The average molecular weight is 164 g/mol. The molecule has 0 saturated carbocycles. The zero-order chi connectivity index (χ0) is 5.82. The van der Waals surface area contributed by atoms with Crippen molar-refractivity contribution in [3.8, 4) is 0 Å². The van der Waals surface area contributed by atoms with Crippen LogP contribution in [0.3, 0.4) is 0 Å². The minimum atomic E-state index is 0. The Morgan fingerprint density at radius 2 is 1.67 bits per heavy atom. The molecule has 0 aliphatic rings. The molecule has 0 bridgehead atoms. The fraction of sp³-hybridized carbons (Fsp3) is 0. The molecule has 0 aliphatic carbocycles. The third kappa shape index (κ3) is 3.58. The molecule has 0 fully saturated rings. The molecular formula is C6H5NaS2. The van der Waals surface area contributed by atoms with Gasteiger partial charge in [0.25, 0.3) is 0 Å². The van der Waals surface area contributed by atoms with E-state index in [1.54, 1.807) is 0 Å². The summed E-state index contributed by atoms with van der Waals surface area (Å²) in [4.78, 5) is 1.14. The van der Waals surface area contributed by atoms with Crippen molar-refractivity contribution in [1.29, 1.82) is 0 Å². The molecular weight excluding hydrogens is 159 g/mol. The summed E-state index contributed by atoms with van der Waals surface area (Å²) in [5.41, 5.74) is 0. The quantitative estimate of drug-likeness (QED) is 0.304. The van der Waals surface area contributed by atoms with Crippen LogP contribution in [-0.4, -0.2) is 0 Å². The molecule has 0 heterocycles. The SMILES string of the molecule is [Na+].[S-]Sc1ccccc1. The fourth-order valence-corrected chi connectivity index (χ4v) is 1.08. The first kappa shape index (κ1) is 9.92. The van der Waals surface area contributed by atoms with E-state index in [9.17, 15) is 0 Å². The Labute approximate surface area is 86.5 Å². The normalized spacial score (nSPS) is 8.11. The van der Waals surface area contributed by atoms with E-state index in [1.165, 1.54) is 10.8 Å². The third-order valence-electron chi connectivity index (χ3n) is 0.839. The molecule has 3 heteroatoms. The zero-order valence-corrected chi connectivity index (χ0v) is 8.84. The van der Waals surface area contributed by atoms with Crippen molar-refractivity contribution in [2.24, 2.45) is 0 Å². The first-order chi connectivity index (χ1) is 3.93. The van der Waals surface area contributed by atoms with Crippen LogP contribution >= 0.6 is 10.8 Å². The van der Waals surface area contributed by atoms with E-state index < -0.39 is 0 Å². The molecule has 0 aromatic heterocycles. The number of rotatable bonds is 1.